The zero-order valence-electron chi connectivity index (χ0n) is 17.1. The van der Waals surface area contributed by atoms with Crippen molar-refractivity contribution < 1.29 is 9.59 Å². The largest absolute Gasteiger partial charge is 0.371 e. The van der Waals surface area contributed by atoms with E-state index in [-0.39, 0.29) is 17.9 Å². The molecule has 3 amide bonds. The molecule has 2 atom stereocenters. The molecule has 0 radical (unpaired) electrons. The fourth-order valence-electron chi connectivity index (χ4n) is 5.12. The summed E-state index contributed by atoms with van der Waals surface area (Å²) in [6, 6.07) is 8.25. The number of nitrogens with zero attached hydrogens (tertiary/aromatic N) is 3. The number of hydrogen-bond donors (Lipinski definition) is 1. The predicted molar refractivity (Wildman–Crippen MR) is 110 cm³/mol. The minimum absolute atomic E-state index is 0.0376. The number of urea groups is 1. The van der Waals surface area contributed by atoms with Gasteiger partial charge in [0.2, 0.25) is 0 Å². The van der Waals surface area contributed by atoms with Crippen molar-refractivity contribution in [3.63, 3.8) is 0 Å². The molecule has 1 N–H and O–H groups in total. The smallest absolute Gasteiger partial charge is 0.326 e. The van der Waals surface area contributed by atoms with Crippen LogP contribution in [0.15, 0.2) is 24.3 Å². The number of anilines is 1. The third kappa shape index (κ3) is 3.39. The molecule has 3 aliphatic rings. The highest BCUT2D eigenvalue weighted by Gasteiger charge is 2.54. The SMILES string of the molecule is C[C@H]1CCCC[C@]12NC(=O)N(CN(C)Cc1ccccc1N1CCCC1)C2=O. The number of carbonyl (C=O) groups excluding carboxylic acids is 2. The number of para-hydroxylation sites is 1. The summed E-state index contributed by atoms with van der Waals surface area (Å²) in [5, 5.41) is 3.05. The van der Waals surface area contributed by atoms with Crippen molar-refractivity contribution in [2.45, 2.75) is 57.5 Å². The molecular formula is C22H32N4O2. The van der Waals surface area contributed by atoms with E-state index in [0.717, 1.165) is 38.8 Å². The van der Waals surface area contributed by atoms with Gasteiger partial charge in [0.25, 0.3) is 5.91 Å². The van der Waals surface area contributed by atoms with Gasteiger partial charge < -0.3 is 10.2 Å². The van der Waals surface area contributed by atoms with Crippen LogP contribution in [0.4, 0.5) is 10.5 Å². The highest BCUT2D eigenvalue weighted by Crippen LogP contribution is 2.38. The van der Waals surface area contributed by atoms with Gasteiger partial charge in [-0.05, 0) is 50.3 Å². The molecule has 1 aromatic carbocycles. The lowest BCUT2D eigenvalue weighted by Gasteiger charge is -2.37. The molecule has 6 nitrogen and oxygen atoms in total. The first-order chi connectivity index (χ1) is 13.5. The van der Waals surface area contributed by atoms with Crippen molar-refractivity contribution in [3.05, 3.63) is 29.8 Å². The van der Waals surface area contributed by atoms with E-state index in [9.17, 15) is 9.59 Å². The Morgan fingerprint density at radius 3 is 2.64 bits per heavy atom. The second-order valence-corrected chi connectivity index (χ2v) is 8.76. The summed E-state index contributed by atoms with van der Waals surface area (Å²) in [6.45, 7) is 5.35. The van der Waals surface area contributed by atoms with E-state index in [0.29, 0.717) is 13.2 Å². The van der Waals surface area contributed by atoms with Gasteiger partial charge in [-0.1, -0.05) is 38.0 Å². The first-order valence-electron chi connectivity index (χ1n) is 10.7. The summed E-state index contributed by atoms with van der Waals surface area (Å²) in [4.78, 5) is 31.7. The van der Waals surface area contributed by atoms with Gasteiger partial charge in [-0.3, -0.25) is 9.69 Å². The Hall–Kier alpha value is -2.08. The van der Waals surface area contributed by atoms with Crippen molar-refractivity contribution in [1.82, 2.24) is 15.1 Å². The van der Waals surface area contributed by atoms with Gasteiger partial charge >= 0.3 is 6.03 Å². The molecule has 2 heterocycles. The fourth-order valence-corrected chi connectivity index (χ4v) is 5.12. The third-order valence-corrected chi connectivity index (χ3v) is 6.76. The Kier molecular flexibility index (Phi) is 5.32. The van der Waals surface area contributed by atoms with Crippen molar-refractivity contribution in [2.24, 2.45) is 5.92 Å². The Labute approximate surface area is 167 Å². The van der Waals surface area contributed by atoms with Crippen LogP contribution in [-0.2, 0) is 11.3 Å². The summed E-state index contributed by atoms with van der Waals surface area (Å²) in [5.74, 6) is 0.160. The van der Waals surface area contributed by atoms with E-state index in [1.165, 1.54) is 29.0 Å². The predicted octanol–water partition coefficient (Wildman–Crippen LogP) is 3.18. The quantitative estimate of drug-likeness (QED) is 0.792. The Morgan fingerprint density at radius 1 is 1.14 bits per heavy atom. The van der Waals surface area contributed by atoms with Crippen LogP contribution in [0.25, 0.3) is 0 Å². The zero-order valence-corrected chi connectivity index (χ0v) is 17.1. The van der Waals surface area contributed by atoms with Gasteiger partial charge in [-0.15, -0.1) is 0 Å². The summed E-state index contributed by atoms with van der Waals surface area (Å²) in [7, 11) is 1.98. The lowest BCUT2D eigenvalue weighted by atomic mass is 9.73. The zero-order chi connectivity index (χ0) is 19.7. The maximum absolute atomic E-state index is 13.2. The molecule has 152 valence electrons. The number of nitrogens with one attached hydrogen (secondary N) is 1. The maximum Gasteiger partial charge on any atom is 0.326 e. The monoisotopic (exact) mass is 384 g/mol. The normalized spacial score (nSPS) is 27.9. The Bertz CT molecular complexity index is 746. The number of imide groups is 1. The first-order valence-corrected chi connectivity index (χ1v) is 10.7. The minimum atomic E-state index is -0.677. The average Bonchev–Trinajstić information content (AvgIpc) is 3.29. The highest BCUT2D eigenvalue weighted by molar-refractivity contribution is 6.07. The van der Waals surface area contributed by atoms with E-state index in [4.69, 9.17) is 0 Å². The molecule has 28 heavy (non-hydrogen) atoms. The third-order valence-electron chi connectivity index (χ3n) is 6.76. The second kappa shape index (κ2) is 7.74. The lowest BCUT2D eigenvalue weighted by Crippen LogP contribution is -2.54. The van der Waals surface area contributed by atoms with Crippen LogP contribution in [0, 0.1) is 5.92 Å². The summed E-state index contributed by atoms with van der Waals surface area (Å²) < 4.78 is 0. The average molecular weight is 385 g/mol. The molecule has 3 fully saturated rings. The van der Waals surface area contributed by atoms with E-state index in [2.05, 4.69) is 46.3 Å². The summed E-state index contributed by atoms with van der Waals surface area (Å²) in [5.41, 5.74) is 1.85. The summed E-state index contributed by atoms with van der Waals surface area (Å²) in [6.07, 6.45) is 6.39. The van der Waals surface area contributed by atoms with Crippen LogP contribution < -0.4 is 10.2 Å². The minimum Gasteiger partial charge on any atom is -0.371 e. The van der Waals surface area contributed by atoms with Crippen LogP contribution in [-0.4, -0.2) is 54.1 Å². The maximum atomic E-state index is 13.2. The number of amides is 3. The van der Waals surface area contributed by atoms with Gasteiger partial charge in [0, 0.05) is 25.3 Å². The number of benzene rings is 1. The number of rotatable bonds is 5. The van der Waals surface area contributed by atoms with Crippen molar-refractivity contribution in [3.8, 4) is 0 Å². The van der Waals surface area contributed by atoms with E-state index >= 15 is 0 Å². The molecule has 6 heteroatoms. The fraction of sp³-hybridized carbons (Fsp3) is 0.636. The van der Waals surface area contributed by atoms with Crippen molar-refractivity contribution in [2.75, 3.05) is 31.7 Å². The van der Waals surface area contributed by atoms with Crippen LogP contribution in [0.2, 0.25) is 0 Å². The number of hydrogen-bond acceptors (Lipinski definition) is 4. The van der Waals surface area contributed by atoms with Crippen molar-refractivity contribution in [1.29, 1.82) is 0 Å². The van der Waals surface area contributed by atoms with Crippen LogP contribution in [0.1, 0.15) is 51.0 Å². The molecule has 4 rings (SSSR count). The van der Waals surface area contributed by atoms with Crippen LogP contribution in [0.5, 0.6) is 0 Å². The second-order valence-electron chi connectivity index (χ2n) is 8.76. The van der Waals surface area contributed by atoms with Gasteiger partial charge in [-0.2, -0.15) is 0 Å². The number of carbonyl (C=O) groups is 2. The molecule has 0 unspecified atom stereocenters. The van der Waals surface area contributed by atoms with Gasteiger partial charge in [0.1, 0.15) is 5.54 Å². The Balaban J connectivity index is 1.45. The molecule has 1 spiro atoms. The van der Waals surface area contributed by atoms with Gasteiger partial charge in [0.15, 0.2) is 0 Å². The molecule has 1 aliphatic carbocycles. The van der Waals surface area contributed by atoms with E-state index in [1.54, 1.807) is 0 Å². The molecular weight excluding hydrogens is 352 g/mol. The first kappa shape index (κ1) is 19.2. The molecule has 0 bridgehead atoms. The molecule has 1 saturated carbocycles. The van der Waals surface area contributed by atoms with E-state index < -0.39 is 5.54 Å². The van der Waals surface area contributed by atoms with Gasteiger partial charge in [0.05, 0.1) is 6.67 Å². The molecule has 1 aromatic rings. The lowest BCUT2D eigenvalue weighted by molar-refractivity contribution is -0.135. The van der Waals surface area contributed by atoms with Crippen molar-refractivity contribution >= 4 is 17.6 Å². The van der Waals surface area contributed by atoms with E-state index in [1.807, 2.05) is 7.05 Å². The standard InChI is InChI=1S/C22H32N4O2/c1-17-9-5-6-12-22(17)20(27)26(21(28)23-22)16-24(2)15-18-10-3-4-11-19(18)25-13-7-8-14-25/h3-4,10-11,17H,5-9,12-16H2,1-2H3,(H,23,28)/t17-,22-/m0/s1. The highest BCUT2D eigenvalue weighted by atomic mass is 16.2. The molecule has 0 aromatic heterocycles. The molecule has 2 aliphatic heterocycles. The van der Waals surface area contributed by atoms with Crippen LogP contribution >= 0.6 is 0 Å². The Morgan fingerprint density at radius 2 is 1.89 bits per heavy atom. The van der Waals surface area contributed by atoms with Gasteiger partial charge in [-0.25, -0.2) is 9.69 Å². The summed E-state index contributed by atoms with van der Waals surface area (Å²) >= 11 is 0. The molecule has 2 saturated heterocycles. The van der Waals surface area contributed by atoms with Crippen LogP contribution in [0.3, 0.4) is 0 Å². The topological polar surface area (TPSA) is 55.9 Å².